The topological polar surface area (TPSA) is 40.5 Å². The fourth-order valence-electron chi connectivity index (χ4n) is 0. The Morgan fingerprint density at radius 3 is 1.00 bits per heavy atom. The molecule has 0 saturated carbocycles. The van der Waals surface area contributed by atoms with Gasteiger partial charge < -0.3 is 10.2 Å². The standard InChI is InChI=1S/C6H14O2.BCl/c1-5(2,7)6(3,4)8;1-2/h7-8H,1-4H3;. The second-order valence-corrected chi connectivity index (χ2v) is 3.12. The molecule has 2 radical (unpaired) electrons. The molecule has 0 saturated heterocycles. The van der Waals surface area contributed by atoms with Crippen LogP contribution in [0.1, 0.15) is 27.7 Å². The molecule has 0 aromatic rings. The van der Waals surface area contributed by atoms with Crippen molar-refractivity contribution < 1.29 is 10.2 Å². The second-order valence-electron chi connectivity index (χ2n) is 3.12. The summed E-state index contributed by atoms with van der Waals surface area (Å²) in [5.74, 6) is 0. The molecule has 0 bridgehead atoms. The maximum absolute atomic E-state index is 9.10. The van der Waals surface area contributed by atoms with E-state index in [4.69, 9.17) is 10.2 Å². The van der Waals surface area contributed by atoms with E-state index in [1.165, 1.54) is 0 Å². The Morgan fingerprint density at radius 1 is 0.900 bits per heavy atom. The van der Waals surface area contributed by atoms with Crippen molar-refractivity contribution in [3.63, 3.8) is 0 Å². The number of aliphatic hydroxyl groups is 2. The molecule has 0 rings (SSSR count). The van der Waals surface area contributed by atoms with E-state index >= 15 is 0 Å². The zero-order chi connectivity index (χ0) is 9.00. The highest BCUT2D eigenvalue weighted by Gasteiger charge is 2.31. The van der Waals surface area contributed by atoms with Gasteiger partial charge in [-0.3, -0.25) is 0 Å². The van der Waals surface area contributed by atoms with Gasteiger partial charge in [0.1, 0.15) is 0 Å². The molecule has 0 unspecified atom stereocenters. The SMILES string of the molecule is CC(C)(O)C(C)(C)O.[B]Cl. The van der Waals surface area contributed by atoms with Crippen molar-refractivity contribution in [2.75, 3.05) is 0 Å². The first kappa shape index (κ1) is 12.9. The average Bonchev–Trinajstić information content (AvgIpc) is 1.66. The van der Waals surface area contributed by atoms with Crippen LogP contribution in [0.2, 0.25) is 0 Å². The molecule has 0 aliphatic carbocycles. The summed E-state index contributed by atoms with van der Waals surface area (Å²) in [5.41, 5.74) is -2.01. The van der Waals surface area contributed by atoms with Gasteiger partial charge >= 0.3 is 0 Å². The Bertz CT molecular complexity index is 70.7. The fraction of sp³-hybridized carbons (Fsp3) is 1.00. The summed E-state index contributed by atoms with van der Waals surface area (Å²) >= 11 is 4.14. The summed E-state index contributed by atoms with van der Waals surface area (Å²) < 4.78 is 0. The summed E-state index contributed by atoms with van der Waals surface area (Å²) in [6.07, 6.45) is 0. The van der Waals surface area contributed by atoms with Crippen molar-refractivity contribution in [3.8, 4) is 0 Å². The molecule has 10 heavy (non-hydrogen) atoms. The van der Waals surface area contributed by atoms with Crippen LogP contribution >= 0.6 is 11.5 Å². The smallest absolute Gasteiger partial charge is 0.214 e. The monoisotopic (exact) mass is 164 g/mol. The maximum Gasteiger partial charge on any atom is 0.214 e. The van der Waals surface area contributed by atoms with E-state index in [9.17, 15) is 0 Å². The third-order valence-electron chi connectivity index (χ3n) is 1.50. The lowest BCUT2D eigenvalue weighted by Crippen LogP contribution is -2.44. The van der Waals surface area contributed by atoms with E-state index in [2.05, 4.69) is 18.7 Å². The van der Waals surface area contributed by atoms with E-state index < -0.39 is 11.2 Å². The first-order valence-corrected chi connectivity index (χ1v) is 3.35. The van der Waals surface area contributed by atoms with Crippen molar-refractivity contribution >= 4 is 18.7 Å². The lowest BCUT2D eigenvalue weighted by molar-refractivity contribution is -0.107. The number of halogens is 1. The Kier molecular flexibility index (Phi) is 5.44. The highest BCUT2D eigenvalue weighted by molar-refractivity contribution is 6.80. The maximum atomic E-state index is 9.10. The van der Waals surface area contributed by atoms with Gasteiger partial charge in [0.25, 0.3) is 0 Å². The molecule has 2 N–H and O–H groups in total. The summed E-state index contributed by atoms with van der Waals surface area (Å²) in [5, 5.41) is 18.2. The molecular formula is C6H14BClO2. The summed E-state index contributed by atoms with van der Waals surface area (Å²) in [4.78, 5) is 0. The zero-order valence-corrected chi connectivity index (χ0v) is 7.61. The van der Waals surface area contributed by atoms with Crippen LogP contribution in [0.5, 0.6) is 0 Å². The van der Waals surface area contributed by atoms with Gasteiger partial charge in [0.05, 0.1) is 11.2 Å². The fourth-order valence-corrected chi connectivity index (χ4v) is 0. The van der Waals surface area contributed by atoms with E-state index in [0.29, 0.717) is 0 Å². The van der Waals surface area contributed by atoms with Crippen LogP contribution in [-0.2, 0) is 0 Å². The van der Waals surface area contributed by atoms with Crippen LogP contribution in [0.4, 0.5) is 0 Å². The van der Waals surface area contributed by atoms with E-state index in [1.54, 1.807) is 27.7 Å². The van der Waals surface area contributed by atoms with Gasteiger partial charge in [-0.25, -0.2) is 11.5 Å². The minimum Gasteiger partial charge on any atom is -0.387 e. The first-order chi connectivity index (χ1) is 4.25. The van der Waals surface area contributed by atoms with Gasteiger partial charge in [-0.2, -0.15) is 0 Å². The third-order valence-corrected chi connectivity index (χ3v) is 1.50. The molecule has 2 nitrogen and oxygen atoms in total. The summed E-state index contributed by atoms with van der Waals surface area (Å²) in [7, 11) is 3.97. The lowest BCUT2D eigenvalue weighted by atomic mass is 9.90. The highest BCUT2D eigenvalue weighted by Crippen LogP contribution is 2.19. The largest absolute Gasteiger partial charge is 0.387 e. The number of hydrogen-bond acceptors (Lipinski definition) is 2. The minimum atomic E-state index is -1.01. The molecule has 0 amide bonds. The van der Waals surface area contributed by atoms with Gasteiger partial charge in [-0.1, -0.05) is 0 Å². The van der Waals surface area contributed by atoms with Crippen LogP contribution in [0.25, 0.3) is 0 Å². The number of rotatable bonds is 1. The molecule has 0 aliphatic heterocycles. The predicted octanol–water partition coefficient (Wildman–Crippen LogP) is 0.837. The van der Waals surface area contributed by atoms with Crippen LogP contribution in [-0.4, -0.2) is 28.7 Å². The van der Waals surface area contributed by atoms with Gasteiger partial charge in [0, 0.05) is 0 Å². The van der Waals surface area contributed by atoms with Crippen molar-refractivity contribution in [2.45, 2.75) is 38.9 Å². The van der Waals surface area contributed by atoms with Crippen molar-refractivity contribution in [1.29, 1.82) is 0 Å². The summed E-state index contributed by atoms with van der Waals surface area (Å²) in [6, 6.07) is 0. The molecule has 0 aromatic heterocycles. The first-order valence-electron chi connectivity index (χ1n) is 2.92. The Hall–Kier alpha value is 0.275. The van der Waals surface area contributed by atoms with Gasteiger partial charge in [0.2, 0.25) is 7.26 Å². The highest BCUT2D eigenvalue weighted by atomic mass is 35.5. The molecule has 0 aliphatic rings. The molecule has 0 fully saturated rings. The molecular weight excluding hydrogens is 150 g/mol. The molecule has 0 aromatic carbocycles. The number of hydrogen-bond donors (Lipinski definition) is 2. The van der Waals surface area contributed by atoms with E-state index in [0.717, 1.165) is 0 Å². The Balaban J connectivity index is 0. The Morgan fingerprint density at radius 2 is 1.00 bits per heavy atom. The molecule has 60 valence electrons. The lowest BCUT2D eigenvalue weighted by Gasteiger charge is -2.31. The van der Waals surface area contributed by atoms with Crippen LogP contribution in [0.15, 0.2) is 0 Å². The minimum absolute atomic E-state index is 1.01. The zero-order valence-electron chi connectivity index (χ0n) is 6.85. The van der Waals surface area contributed by atoms with E-state index in [1.807, 2.05) is 0 Å². The van der Waals surface area contributed by atoms with Gasteiger partial charge in [0.15, 0.2) is 0 Å². The molecule has 0 atom stereocenters. The Labute approximate surface area is 68.5 Å². The molecule has 4 heteroatoms. The predicted molar refractivity (Wildman–Crippen MR) is 44.2 cm³/mol. The van der Waals surface area contributed by atoms with Crippen molar-refractivity contribution in [3.05, 3.63) is 0 Å². The molecule has 0 spiro atoms. The van der Waals surface area contributed by atoms with Gasteiger partial charge in [-0.05, 0) is 27.7 Å². The van der Waals surface area contributed by atoms with Crippen LogP contribution in [0.3, 0.4) is 0 Å². The normalized spacial score (nSPS) is 11.9. The third kappa shape index (κ3) is 5.09. The van der Waals surface area contributed by atoms with Crippen LogP contribution < -0.4 is 0 Å². The summed E-state index contributed by atoms with van der Waals surface area (Å²) in [6.45, 7) is 6.31. The molecule has 0 heterocycles. The van der Waals surface area contributed by atoms with E-state index in [-0.39, 0.29) is 0 Å². The quantitative estimate of drug-likeness (QED) is 0.564. The van der Waals surface area contributed by atoms with Crippen LogP contribution in [0, 0.1) is 0 Å². The van der Waals surface area contributed by atoms with Crippen molar-refractivity contribution in [2.24, 2.45) is 0 Å². The average molecular weight is 164 g/mol. The second kappa shape index (κ2) is 4.22. The van der Waals surface area contributed by atoms with Crippen molar-refractivity contribution in [1.82, 2.24) is 0 Å². The van der Waals surface area contributed by atoms with Gasteiger partial charge in [-0.15, -0.1) is 0 Å².